The first-order chi connectivity index (χ1) is 6.54. The van der Waals surface area contributed by atoms with Crippen molar-refractivity contribution >= 4 is 18.0 Å². The normalized spacial score (nSPS) is 9.43. The molecule has 1 heterocycles. The van der Waals surface area contributed by atoms with Gasteiger partial charge in [0.25, 0.3) is 0 Å². The SMILES string of the molecule is N=C(N(C(N)=O)C(N)=O)n1cccn1. The third-order valence-electron chi connectivity index (χ3n) is 1.37. The van der Waals surface area contributed by atoms with Gasteiger partial charge in [-0.25, -0.2) is 14.3 Å². The fourth-order valence-corrected chi connectivity index (χ4v) is 0.814. The van der Waals surface area contributed by atoms with Crippen LogP contribution in [0.5, 0.6) is 0 Å². The zero-order chi connectivity index (χ0) is 10.7. The summed E-state index contributed by atoms with van der Waals surface area (Å²) in [5.41, 5.74) is 9.70. The van der Waals surface area contributed by atoms with Crippen LogP contribution in [0.25, 0.3) is 0 Å². The fourth-order valence-electron chi connectivity index (χ4n) is 0.814. The number of imide groups is 1. The van der Waals surface area contributed by atoms with Crippen LogP contribution in [0.4, 0.5) is 9.59 Å². The van der Waals surface area contributed by atoms with Crippen LogP contribution in [0, 0.1) is 5.41 Å². The quantitative estimate of drug-likeness (QED) is 0.368. The van der Waals surface area contributed by atoms with Crippen LogP contribution in [0.3, 0.4) is 0 Å². The number of amides is 4. The van der Waals surface area contributed by atoms with E-state index < -0.39 is 18.0 Å². The molecule has 1 aromatic heterocycles. The Hall–Kier alpha value is -2.38. The van der Waals surface area contributed by atoms with Crippen molar-refractivity contribution in [3.8, 4) is 0 Å². The van der Waals surface area contributed by atoms with Gasteiger partial charge in [-0.2, -0.15) is 10.00 Å². The monoisotopic (exact) mass is 196 g/mol. The molecule has 0 saturated carbocycles. The highest BCUT2D eigenvalue weighted by Crippen LogP contribution is 1.93. The van der Waals surface area contributed by atoms with Gasteiger partial charge in [-0.3, -0.25) is 5.41 Å². The van der Waals surface area contributed by atoms with Crippen molar-refractivity contribution in [3.63, 3.8) is 0 Å². The number of primary amides is 2. The van der Waals surface area contributed by atoms with Crippen molar-refractivity contribution < 1.29 is 9.59 Å². The van der Waals surface area contributed by atoms with Crippen LogP contribution in [0.15, 0.2) is 18.5 Å². The van der Waals surface area contributed by atoms with E-state index in [9.17, 15) is 9.59 Å². The molecule has 1 aromatic rings. The van der Waals surface area contributed by atoms with E-state index in [1.807, 2.05) is 0 Å². The van der Waals surface area contributed by atoms with Gasteiger partial charge in [0.1, 0.15) is 0 Å². The van der Waals surface area contributed by atoms with E-state index in [1.54, 1.807) is 0 Å². The second-order valence-electron chi connectivity index (χ2n) is 2.29. The van der Waals surface area contributed by atoms with E-state index in [4.69, 9.17) is 16.9 Å². The van der Waals surface area contributed by atoms with E-state index in [1.165, 1.54) is 18.5 Å². The molecule has 74 valence electrons. The Bertz CT molecular complexity index is 356. The lowest BCUT2D eigenvalue weighted by molar-refractivity contribution is 0.214. The summed E-state index contributed by atoms with van der Waals surface area (Å²) < 4.78 is 0.982. The highest BCUT2D eigenvalue weighted by Gasteiger charge is 2.22. The summed E-state index contributed by atoms with van der Waals surface area (Å²) in [5, 5.41) is 11.0. The zero-order valence-corrected chi connectivity index (χ0v) is 7.04. The van der Waals surface area contributed by atoms with Crippen molar-refractivity contribution in [3.05, 3.63) is 18.5 Å². The maximum atomic E-state index is 10.7. The largest absolute Gasteiger partial charge is 0.351 e. The summed E-state index contributed by atoms with van der Waals surface area (Å²) in [4.78, 5) is 21.8. The van der Waals surface area contributed by atoms with Crippen LogP contribution in [0.2, 0.25) is 0 Å². The molecule has 0 saturated heterocycles. The molecule has 0 unspecified atom stereocenters. The van der Waals surface area contributed by atoms with Crippen LogP contribution in [-0.2, 0) is 0 Å². The number of nitrogens with zero attached hydrogens (tertiary/aromatic N) is 3. The lowest BCUT2D eigenvalue weighted by atomic mass is 10.6. The van der Waals surface area contributed by atoms with Gasteiger partial charge >= 0.3 is 12.1 Å². The maximum Gasteiger partial charge on any atom is 0.330 e. The molecule has 0 atom stereocenters. The van der Waals surface area contributed by atoms with Crippen molar-refractivity contribution in [2.75, 3.05) is 0 Å². The Kier molecular flexibility index (Phi) is 2.47. The Balaban J connectivity index is 2.97. The maximum absolute atomic E-state index is 10.7. The summed E-state index contributed by atoms with van der Waals surface area (Å²) in [7, 11) is 0. The van der Waals surface area contributed by atoms with Crippen LogP contribution in [0.1, 0.15) is 0 Å². The highest BCUT2D eigenvalue weighted by molar-refractivity contribution is 6.09. The van der Waals surface area contributed by atoms with Crippen LogP contribution < -0.4 is 11.5 Å². The van der Waals surface area contributed by atoms with Crippen molar-refractivity contribution in [1.82, 2.24) is 14.7 Å². The number of urea groups is 2. The second kappa shape index (κ2) is 3.56. The number of hydrogen-bond donors (Lipinski definition) is 3. The number of nitrogens with two attached hydrogens (primary N) is 2. The molecule has 0 aliphatic rings. The standard InChI is InChI=1S/C6H8N6O2/c7-4(11-3-1-2-10-11)12(5(8)13)6(9)14/h1-3,7H,(H2,8,13)(H2,9,14). The first-order valence-corrected chi connectivity index (χ1v) is 3.51. The Labute approximate surface area is 78.6 Å². The van der Waals surface area contributed by atoms with Crippen molar-refractivity contribution in [2.24, 2.45) is 11.5 Å². The summed E-state index contributed by atoms with van der Waals surface area (Å²) >= 11 is 0. The molecule has 5 N–H and O–H groups in total. The number of nitrogens with one attached hydrogen (secondary N) is 1. The topological polar surface area (TPSA) is 131 Å². The Morgan fingerprint density at radius 2 is 1.93 bits per heavy atom. The Morgan fingerprint density at radius 3 is 2.29 bits per heavy atom. The highest BCUT2D eigenvalue weighted by atomic mass is 16.2. The molecular weight excluding hydrogens is 188 g/mol. The van der Waals surface area contributed by atoms with E-state index >= 15 is 0 Å². The molecule has 0 radical (unpaired) electrons. The fraction of sp³-hybridized carbons (Fsp3) is 0. The lowest BCUT2D eigenvalue weighted by Crippen LogP contribution is -2.50. The molecule has 0 aromatic carbocycles. The van der Waals surface area contributed by atoms with Crippen molar-refractivity contribution in [1.29, 1.82) is 5.41 Å². The average Bonchev–Trinajstić information content (AvgIpc) is 2.53. The minimum Gasteiger partial charge on any atom is -0.351 e. The summed E-state index contributed by atoms with van der Waals surface area (Å²) in [6, 6.07) is -0.731. The van der Waals surface area contributed by atoms with E-state index in [2.05, 4.69) is 5.10 Å². The molecule has 0 aliphatic heterocycles. The molecular formula is C6H8N6O2. The number of hydrogen-bond acceptors (Lipinski definition) is 4. The number of carbonyl (C=O) groups excluding carboxylic acids is 2. The molecule has 4 amide bonds. The molecule has 8 nitrogen and oxygen atoms in total. The average molecular weight is 196 g/mol. The molecule has 0 fully saturated rings. The molecule has 14 heavy (non-hydrogen) atoms. The minimum atomic E-state index is -1.13. The predicted octanol–water partition coefficient (Wildman–Crippen LogP) is -0.875. The molecule has 8 heteroatoms. The van der Waals surface area contributed by atoms with Gasteiger partial charge in [0.15, 0.2) is 0 Å². The van der Waals surface area contributed by atoms with Gasteiger partial charge < -0.3 is 11.5 Å². The van der Waals surface area contributed by atoms with Gasteiger partial charge in [0, 0.05) is 12.4 Å². The van der Waals surface area contributed by atoms with Gasteiger partial charge in [-0.1, -0.05) is 0 Å². The molecule has 0 bridgehead atoms. The summed E-state index contributed by atoms with van der Waals surface area (Å²) in [6.45, 7) is 0. The second-order valence-corrected chi connectivity index (χ2v) is 2.29. The third kappa shape index (κ3) is 1.68. The predicted molar refractivity (Wildman–Crippen MR) is 46.4 cm³/mol. The third-order valence-corrected chi connectivity index (χ3v) is 1.37. The van der Waals surface area contributed by atoms with E-state index in [0.29, 0.717) is 4.90 Å². The molecule has 0 spiro atoms. The first-order valence-electron chi connectivity index (χ1n) is 3.51. The molecule has 0 aliphatic carbocycles. The lowest BCUT2D eigenvalue weighted by Gasteiger charge is -2.15. The number of carbonyl (C=O) groups is 2. The van der Waals surface area contributed by atoms with Gasteiger partial charge in [-0.15, -0.1) is 0 Å². The molecule has 1 rings (SSSR count). The minimum absolute atomic E-state index is 0.299. The summed E-state index contributed by atoms with van der Waals surface area (Å²) in [6.07, 6.45) is 2.76. The Morgan fingerprint density at radius 1 is 1.36 bits per heavy atom. The van der Waals surface area contributed by atoms with Gasteiger partial charge in [0.05, 0.1) is 0 Å². The summed E-state index contributed by atoms with van der Waals surface area (Å²) in [5.74, 6) is -0.519. The van der Waals surface area contributed by atoms with Crippen LogP contribution in [-0.4, -0.2) is 32.7 Å². The van der Waals surface area contributed by atoms with E-state index in [-0.39, 0.29) is 0 Å². The van der Waals surface area contributed by atoms with Gasteiger partial charge in [-0.05, 0) is 6.07 Å². The zero-order valence-electron chi connectivity index (χ0n) is 7.04. The van der Waals surface area contributed by atoms with Crippen LogP contribution >= 0.6 is 0 Å². The van der Waals surface area contributed by atoms with E-state index in [0.717, 1.165) is 4.68 Å². The smallest absolute Gasteiger partial charge is 0.330 e. The number of rotatable bonds is 0. The first kappa shape index (κ1) is 9.71. The van der Waals surface area contributed by atoms with Crippen molar-refractivity contribution in [2.45, 2.75) is 0 Å². The number of aromatic nitrogens is 2. The van der Waals surface area contributed by atoms with Gasteiger partial charge in [0.2, 0.25) is 5.96 Å².